The van der Waals surface area contributed by atoms with Crippen LogP contribution in [0.2, 0.25) is 0 Å². The van der Waals surface area contributed by atoms with Crippen LogP contribution in [0.3, 0.4) is 0 Å². The smallest absolute Gasteiger partial charge is 0.325 e. The highest BCUT2D eigenvalue weighted by molar-refractivity contribution is 5.66. The Morgan fingerprint density at radius 1 is 1.55 bits per heavy atom. The second-order valence-corrected chi connectivity index (χ2v) is 5.43. The van der Waals surface area contributed by atoms with Crippen molar-refractivity contribution in [2.24, 2.45) is 0 Å². The number of hydrogen-bond donors (Lipinski definition) is 1. The van der Waals surface area contributed by atoms with Gasteiger partial charge in [0.15, 0.2) is 5.82 Å². The number of hydrogen-bond acceptors (Lipinski definition) is 4. The van der Waals surface area contributed by atoms with Crippen LogP contribution in [0.4, 0.5) is 0 Å². The maximum atomic E-state index is 11.0. The first-order valence-corrected chi connectivity index (χ1v) is 7.13. The van der Waals surface area contributed by atoms with Crippen molar-refractivity contribution in [1.29, 1.82) is 0 Å². The lowest BCUT2D eigenvalue weighted by Gasteiger charge is -2.03. The average molecular weight is 277 g/mol. The summed E-state index contributed by atoms with van der Waals surface area (Å²) in [6.07, 6.45) is 7.25. The van der Waals surface area contributed by atoms with Gasteiger partial charge in [0.2, 0.25) is 0 Å². The normalized spacial score (nSPS) is 22.2. The quantitative estimate of drug-likeness (QED) is 0.826. The van der Waals surface area contributed by atoms with Gasteiger partial charge >= 0.3 is 5.97 Å². The summed E-state index contributed by atoms with van der Waals surface area (Å²) < 4.78 is 6.90. The molecule has 1 aliphatic carbocycles. The van der Waals surface area contributed by atoms with Crippen molar-refractivity contribution in [3.05, 3.63) is 23.3 Å². The number of allylic oxidation sites excluding steroid dienone is 2. The zero-order chi connectivity index (χ0) is 13.9. The van der Waals surface area contributed by atoms with Crippen LogP contribution >= 0.6 is 0 Å². The lowest BCUT2D eigenvalue weighted by atomic mass is 10.1. The molecule has 2 heterocycles. The first-order chi connectivity index (χ1) is 9.72. The molecule has 1 aromatic rings. The van der Waals surface area contributed by atoms with E-state index in [0.717, 1.165) is 37.5 Å². The van der Waals surface area contributed by atoms with E-state index in [0.29, 0.717) is 13.0 Å². The molecule has 3 rings (SSSR count). The van der Waals surface area contributed by atoms with E-state index in [1.807, 2.05) is 0 Å². The second-order valence-electron chi connectivity index (χ2n) is 5.43. The molecule has 0 bridgehead atoms. The fourth-order valence-corrected chi connectivity index (χ4v) is 2.79. The van der Waals surface area contributed by atoms with Crippen LogP contribution in [0.25, 0.3) is 0 Å². The highest BCUT2D eigenvalue weighted by atomic mass is 16.5. The number of aromatic nitrogens is 3. The first kappa shape index (κ1) is 13.3. The van der Waals surface area contributed by atoms with Gasteiger partial charge in [-0.15, -0.1) is 0 Å². The van der Waals surface area contributed by atoms with E-state index in [1.54, 1.807) is 0 Å². The van der Waals surface area contributed by atoms with E-state index in [9.17, 15) is 4.79 Å². The summed E-state index contributed by atoms with van der Waals surface area (Å²) in [6.45, 7) is 1.25. The van der Waals surface area contributed by atoms with Crippen LogP contribution in [0, 0.1) is 0 Å². The van der Waals surface area contributed by atoms with Crippen molar-refractivity contribution in [2.45, 2.75) is 44.6 Å². The van der Waals surface area contributed by atoms with Gasteiger partial charge in [0.1, 0.15) is 12.4 Å². The van der Waals surface area contributed by atoms with Gasteiger partial charge in [-0.1, -0.05) is 11.6 Å². The molecule has 1 fully saturated rings. The van der Waals surface area contributed by atoms with Gasteiger partial charge in [-0.05, 0) is 25.7 Å². The number of carbonyl (C=O) groups is 1. The number of nitrogens with zero attached hydrogens (tertiary/aromatic N) is 3. The Balaban J connectivity index is 1.82. The van der Waals surface area contributed by atoms with E-state index in [1.165, 1.54) is 16.7 Å². The Kier molecular flexibility index (Phi) is 3.82. The highest BCUT2D eigenvalue weighted by Gasteiger charge is 2.24. The van der Waals surface area contributed by atoms with E-state index < -0.39 is 5.97 Å². The van der Waals surface area contributed by atoms with Gasteiger partial charge in [0, 0.05) is 18.9 Å². The molecule has 0 saturated carbocycles. The molecular weight excluding hydrogens is 258 g/mol. The van der Waals surface area contributed by atoms with Gasteiger partial charge in [-0.3, -0.25) is 4.79 Å². The molecule has 6 heteroatoms. The third-order valence-corrected chi connectivity index (χ3v) is 3.86. The van der Waals surface area contributed by atoms with Crippen molar-refractivity contribution in [3.8, 4) is 0 Å². The van der Waals surface area contributed by atoms with Crippen molar-refractivity contribution in [3.63, 3.8) is 0 Å². The van der Waals surface area contributed by atoms with Crippen molar-refractivity contribution >= 4 is 5.97 Å². The number of ether oxygens (including phenoxy) is 1. The Morgan fingerprint density at radius 2 is 2.45 bits per heavy atom. The summed E-state index contributed by atoms with van der Waals surface area (Å²) in [6, 6.07) is 0. The van der Waals surface area contributed by atoms with Crippen molar-refractivity contribution in [2.75, 3.05) is 13.2 Å². The van der Waals surface area contributed by atoms with Crippen LogP contribution in [-0.2, 0) is 22.5 Å². The van der Waals surface area contributed by atoms with Crippen molar-refractivity contribution in [1.82, 2.24) is 14.8 Å². The van der Waals surface area contributed by atoms with Gasteiger partial charge in [-0.2, -0.15) is 5.10 Å². The molecule has 0 aromatic carbocycles. The molecule has 1 saturated heterocycles. The van der Waals surface area contributed by atoms with Gasteiger partial charge in [0.25, 0.3) is 0 Å². The molecule has 6 nitrogen and oxygen atoms in total. The lowest BCUT2D eigenvalue weighted by Crippen LogP contribution is -2.14. The molecule has 20 heavy (non-hydrogen) atoms. The molecule has 1 aromatic heterocycles. The van der Waals surface area contributed by atoms with Gasteiger partial charge in [-0.25, -0.2) is 9.67 Å². The first-order valence-electron chi connectivity index (χ1n) is 7.13. The second kappa shape index (κ2) is 5.75. The molecule has 1 N–H and O–H groups in total. The van der Waals surface area contributed by atoms with Gasteiger partial charge < -0.3 is 9.84 Å². The van der Waals surface area contributed by atoms with Crippen LogP contribution in [-0.4, -0.2) is 39.1 Å². The van der Waals surface area contributed by atoms with Crippen LogP contribution in [0.15, 0.2) is 11.6 Å². The Hall–Kier alpha value is -1.69. The average Bonchev–Trinajstić information content (AvgIpc) is 3.11. The standard InChI is InChI=1S/C14H19N3O3/c18-13(19)8-17-12(7-10-3-1-2-4-10)15-14(16-17)11-5-6-20-9-11/h3,11H,1-2,4-9H2,(H,18,19). The summed E-state index contributed by atoms with van der Waals surface area (Å²) in [7, 11) is 0. The molecule has 1 atom stereocenters. The number of rotatable bonds is 5. The van der Waals surface area contributed by atoms with E-state index in [4.69, 9.17) is 9.84 Å². The number of carboxylic acid groups (broad SMARTS) is 1. The summed E-state index contributed by atoms with van der Waals surface area (Å²) in [4.78, 5) is 15.5. The predicted molar refractivity (Wildman–Crippen MR) is 71.5 cm³/mol. The molecule has 1 unspecified atom stereocenters. The lowest BCUT2D eigenvalue weighted by molar-refractivity contribution is -0.137. The minimum atomic E-state index is -0.884. The summed E-state index contributed by atoms with van der Waals surface area (Å²) in [5.41, 5.74) is 1.35. The van der Waals surface area contributed by atoms with E-state index in [-0.39, 0.29) is 12.5 Å². The highest BCUT2D eigenvalue weighted by Crippen LogP contribution is 2.25. The zero-order valence-corrected chi connectivity index (χ0v) is 11.4. The van der Waals surface area contributed by atoms with Crippen LogP contribution in [0.1, 0.15) is 43.3 Å². The van der Waals surface area contributed by atoms with Gasteiger partial charge in [0.05, 0.1) is 6.61 Å². The van der Waals surface area contributed by atoms with Crippen molar-refractivity contribution < 1.29 is 14.6 Å². The molecule has 0 spiro atoms. The summed E-state index contributed by atoms with van der Waals surface area (Å²) in [5, 5.41) is 13.4. The maximum absolute atomic E-state index is 11.0. The SMILES string of the molecule is O=C(O)Cn1nc(C2CCOC2)nc1CC1=CCCC1. The zero-order valence-electron chi connectivity index (χ0n) is 11.4. The molecule has 0 radical (unpaired) electrons. The van der Waals surface area contributed by atoms with Crippen LogP contribution < -0.4 is 0 Å². The molecule has 1 aliphatic heterocycles. The van der Waals surface area contributed by atoms with E-state index in [2.05, 4.69) is 16.2 Å². The maximum Gasteiger partial charge on any atom is 0.325 e. The topological polar surface area (TPSA) is 77.2 Å². The number of aliphatic carboxylic acids is 1. The van der Waals surface area contributed by atoms with E-state index >= 15 is 0 Å². The Morgan fingerprint density at radius 3 is 3.10 bits per heavy atom. The molecule has 108 valence electrons. The monoisotopic (exact) mass is 277 g/mol. The molecular formula is C14H19N3O3. The summed E-state index contributed by atoms with van der Waals surface area (Å²) in [5.74, 6) is 0.826. The third kappa shape index (κ3) is 2.90. The Labute approximate surface area is 117 Å². The molecule has 2 aliphatic rings. The minimum absolute atomic E-state index is 0.122. The third-order valence-electron chi connectivity index (χ3n) is 3.86. The largest absolute Gasteiger partial charge is 0.480 e. The molecule has 0 amide bonds. The van der Waals surface area contributed by atoms with Crippen LogP contribution in [0.5, 0.6) is 0 Å². The minimum Gasteiger partial charge on any atom is -0.480 e. The predicted octanol–water partition coefficient (Wildman–Crippen LogP) is 1.52. The fourth-order valence-electron chi connectivity index (χ4n) is 2.79. The fraction of sp³-hybridized carbons (Fsp3) is 0.643. The number of carboxylic acids is 1. The summed E-state index contributed by atoms with van der Waals surface area (Å²) >= 11 is 0. The Bertz CT molecular complexity index is 530.